The van der Waals surface area contributed by atoms with Crippen LogP contribution in [0.3, 0.4) is 0 Å². The molecule has 120 valence electrons. The Balaban J connectivity index is 1.70. The molecule has 0 bridgehead atoms. The fraction of sp³-hybridized carbons (Fsp3) is 0.789. The molecule has 1 saturated heterocycles. The standard InChI is InChI=1S/C19H27NO2/c1-18-11-8-15-13(14(18)6-7-16(18)21)9-12-20-17(22)5-3-4-10-19(15,20)2/h3-4,13-15H,5-12H2,1-2H3/t13-,14-,15-,18-,19+/m0/s1. The molecule has 22 heavy (non-hydrogen) atoms. The maximum atomic E-state index is 12.5. The number of Topliss-reactive ketones (excluding diaryl/α,β-unsaturated/α-hetero) is 1. The van der Waals surface area contributed by atoms with Crippen molar-refractivity contribution in [3.63, 3.8) is 0 Å². The normalized spacial score (nSPS) is 47.7. The molecular formula is C19H27NO2. The highest BCUT2D eigenvalue weighted by molar-refractivity contribution is 5.87. The van der Waals surface area contributed by atoms with Gasteiger partial charge in [-0.2, -0.15) is 0 Å². The van der Waals surface area contributed by atoms with Crippen molar-refractivity contribution in [3.8, 4) is 0 Å². The Morgan fingerprint density at radius 3 is 2.73 bits per heavy atom. The molecule has 5 atom stereocenters. The van der Waals surface area contributed by atoms with Crippen molar-refractivity contribution in [2.75, 3.05) is 6.54 Å². The number of carbonyl (C=O) groups excluding carboxylic acids is 2. The minimum Gasteiger partial charge on any atom is -0.336 e. The Bertz CT molecular complexity index is 554. The van der Waals surface area contributed by atoms with E-state index in [0.29, 0.717) is 35.9 Å². The number of nitrogens with zero attached hydrogens (tertiary/aromatic N) is 1. The molecule has 0 aromatic rings. The first-order valence-electron chi connectivity index (χ1n) is 8.95. The van der Waals surface area contributed by atoms with E-state index in [0.717, 1.165) is 45.1 Å². The van der Waals surface area contributed by atoms with Crippen LogP contribution >= 0.6 is 0 Å². The quantitative estimate of drug-likeness (QED) is 0.644. The van der Waals surface area contributed by atoms with E-state index < -0.39 is 0 Å². The molecule has 4 rings (SSSR count). The SMILES string of the molecule is C[C@]12CC[C@H]3[C@@H](CCN4C(=O)CC=CC[C@]34C)[C@@H]1CCC2=O. The monoisotopic (exact) mass is 301 g/mol. The number of hydrogen-bond acceptors (Lipinski definition) is 2. The second-order valence-electron chi connectivity index (χ2n) is 8.37. The first-order valence-corrected chi connectivity index (χ1v) is 8.95. The topological polar surface area (TPSA) is 37.4 Å². The largest absolute Gasteiger partial charge is 0.336 e. The van der Waals surface area contributed by atoms with Crippen LogP contribution in [-0.4, -0.2) is 28.7 Å². The lowest BCUT2D eigenvalue weighted by molar-refractivity contribution is -0.153. The summed E-state index contributed by atoms with van der Waals surface area (Å²) in [7, 11) is 0. The van der Waals surface area contributed by atoms with Crippen LogP contribution in [0, 0.1) is 23.2 Å². The molecule has 1 amide bonds. The van der Waals surface area contributed by atoms with Crippen molar-refractivity contribution in [2.45, 2.75) is 64.3 Å². The summed E-state index contributed by atoms with van der Waals surface area (Å²) >= 11 is 0. The predicted octanol–water partition coefficient (Wildman–Crippen LogP) is 3.34. The van der Waals surface area contributed by atoms with Crippen molar-refractivity contribution in [1.29, 1.82) is 0 Å². The van der Waals surface area contributed by atoms with Crippen molar-refractivity contribution in [3.05, 3.63) is 12.2 Å². The Morgan fingerprint density at radius 1 is 1.09 bits per heavy atom. The van der Waals surface area contributed by atoms with Crippen molar-refractivity contribution >= 4 is 11.7 Å². The van der Waals surface area contributed by atoms with Crippen molar-refractivity contribution in [1.82, 2.24) is 4.90 Å². The zero-order chi connectivity index (χ0) is 15.5. The molecule has 3 fully saturated rings. The van der Waals surface area contributed by atoms with Gasteiger partial charge in [-0.15, -0.1) is 0 Å². The van der Waals surface area contributed by atoms with Gasteiger partial charge in [0.25, 0.3) is 0 Å². The third kappa shape index (κ3) is 1.74. The molecule has 0 spiro atoms. The summed E-state index contributed by atoms with van der Waals surface area (Å²) < 4.78 is 0. The third-order valence-electron chi connectivity index (χ3n) is 7.54. The van der Waals surface area contributed by atoms with Gasteiger partial charge in [0, 0.05) is 30.3 Å². The van der Waals surface area contributed by atoms with Gasteiger partial charge >= 0.3 is 0 Å². The number of hydrogen-bond donors (Lipinski definition) is 0. The average Bonchev–Trinajstić information content (AvgIpc) is 2.70. The Labute approximate surface area is 133 Å². The Morgan fingerprint density at radius 2 is 1.91 bits per heavy atom. The van der Waals surface area contributed by atoms with Crippen LogP contribution in [0.25, 0.3) is 0 Å². The number of fused-ring (bicyclic) bond motifs is 5. The summed E-state index contributed by atoms with van der Waals surface area (Å²) in [6.07, 6.45) is 10.9. The highest BCUT2D eigenvalue weighted by Crippen LogP contribution is 2.60. The van der Waals surface area contributed by atoms with Crippen LogP contribution in [-0.2, 0) is 9.59 Å². The van der Waals surface area contributed by atoms with E-state index >= 15 is 0 Å². The first kappa shape index (κ1) is 14.5. The van der Waals surface area contributed by atoms with Gasteiger partial charge in [-0.05, 0) is 56.8 Å². The van der Waals surface area contributed by atoms with Crippen molar-refractivity contribution < 1.29 is 9.59 Å². The molecule has 4 aliphatic rings. The molecule has 0 N–H and O–H groups in total. The van der Waals surface area contributed by atoms with E-state index in [1.807, 2.05) is 6.08 Å². The number of amides is 1. The molecule has 3 nitrogen and oxygen atoms in total. The lowest BCUT2D eigenvalue weighted by atomic mass is 9.53. The lowest BCUT2D eigenvalue weighted by Gasteiger charge is -2.58. The van der Waals surface area contributed by atoms with E-state index in [1.165, 1.54) is 0 Å². The van der Waals surface area contributed by atoms with Gasteiger partial charge in [0.05, 0.1) is 0 Å². The van der Waals surface area contributed by atoms with Gasteiger partial charge in [-0.1, -0.05) is 19.1 Å². The maximum absolute atomic E-state index is 12.5. The number of piperidine rings is 1. The average molecular weight is 301 g/mol. The molecular weight excluding hydrogens is 274 g/mol. The van der Waals surface area contributed by atoms with E-state index in [9.17, 15) is 9.59 Å². The van der Waals surface area contributed by atoms with Crippen LogP contribution in [0.5, 0.6) is 0 Å². The molecule has 0 unspecified atom stereocenters. The van der Waals surface area contributed by atoms with E-state index in [4.69, 9.17) is 0 Å². The minimum atomic E-state index is -0.0652. The summed E-state index contributed by atoms with van der Waals surface area (Å²) in [6.45, 7) is 5.41. The number of carbonyl (C=O) groups is 2. The zero-order valence-electron chi connectivity index (χ0n) is 13.8. The molecule has 2 aliphatic carbocycles. The minimum absolute atomic E-state index is 0.0278. The van der Waals surface area contributed by atoms with Crippen LogP contribution in [0.4, 0.5) is 0 Å². The summed E-state index contributed by atoms with van der Waals surface area (Å²) in [5.74, 6) is 2.55. The van der Waals surface area contributed by atoms with E-state index in [-0.39, 0.29) is 11.0 Å². The van der Waals surface area contributed by atoms with Crippen LogP contribution in [0.2, 0.25) is 0 Å². The molecule has 2 aliphatic heterocycles. The fourth-order valence-electron chi connectivity index (χ4n) is 6.25. The van der Waals surface area contributed by atoms with Gasteiger partial charge < -0.3 is 4.90 Å². The summed E-state index contributed by atoms with van der Waals surface area (Å²) in [6, 6.07) is 0. The second kappa shape index (κ2) is 4.69. The van der Waals surface area contributed by atoms with Gasteiger partial charge in [0.1, 0.15) is 5.78 Å². The third-order valence-corrected chi connectivity index (χ3v) is 7.54. The molecule has 0 aromatic heterocycles. The number of rotatable bonds is 0. The predicted molar refractivity (Wildman–Crippen MR) is 85.2 cm³/mol. The van der Waals surface area contributed by atoms with Gasteiger partial charge in [-0.25, -0.2) is 0 Å². The zero-order valence-corrected chi connectivity index (χ0v) is 13.8. The molecule has 0 radical (unpaired) electrons. The first-order chi connectivity index (χ1) is 10.5. The second-order valence-corrected chi connectivity index (χ2v) is 8.37. The Hall–Kier alpha value is -1.12. The van der Waals surface area contributed by atoms with Crippen LogP contribution in [0.1, 0.15) is 58.8 Å². The van der Waals surface area contributed by atoms with Crippen LogP contribution < -0.4 is 0 Å². The van der Waals surface area contributed by atoms with Gasteiger partial charge in [0.15, 0.2) is 0 Å². The van der Waals surface area contributed by atoms with E-state index in [1.54, 1.807) is 0 Å². The smallest absolute Gasteiger partial charge is 0.226 e. The van der Waals surface area contributed by atoms with Crippen LogP contribution in [0.15, 0.2) is 12.2 Å². The van der Waals surface area contributed by atoms with Gasteiger partial charge in [0.2, 0.25) is 5.91 Å². The van der Waals surface area contributed by atoms with E-state index in [2.05, 4.69) is 24.8 Å². The fourth-order valence-corrected chi connectivity index (χ4v) is 6.25. The highest BCUT2D eigenvalue weighted by atomic mass is 16.2. The summed E-state index contributed by atoms with van der Waals surface area (Å²) in [5.41, 5.74) is -0.0930. The molecule has 2 saturated carbocycles. The maximum Gasteiger partial charge on any atom is 0.226 e. The van der Waals surface area contributed by atoms with Crippen molar-refractivity contribution in [2.24, 2.45) is 23.2 Å². The number of ketones is 1. The van der Waals surface area contributed by atoms with Gasteiger partial charge in [-0.3, -0.25) is 9.59 Å². The lowest BCUT2D eigenvalue weighted by Crippen LogP contribution is -2.62. The molecule has 0 aromatic carbocycles. The Kier molecular flexibility index (Phi) is 3.08. The molecule has 3 heteroatoms. The molecule has 2 heterocycles. The highest BCUT2D eigenvalue weighted by Gasteiger charge is 2.59. The summed E-state index contributed by atoms with van der Waals surface area (Å²) in [4.78, 5) is 27.1. The summed E-state index contributed by atoms with van der Waals surface area (Å²) in [5, 5.41) is 0.